The standard InChI is InChI=1S/C16H20N4O2/c1-17-16(22)15(13-7-3-2-4-8-13)20-14(21)9-5-6-12-10-18-19-11-12/h2-4,7-8,10-11,15H,5-6,9H2,1H3,(H,17,22)(H,18,19)(H,20,21)/t15-/m1/s1. The van der Waals surface area contributed by atoms with Crippen molar-refractivity contribution < 1.29 is 9.59 Å². The zero-order chi connectivity index (χ0) is 15.8. The predicted molar refractivity (Wildman–Crippen MR) is 82.9 cm³/mol. The van der Waals surface area contributed by atoms with Crippen LogP contribution in [0.4, 0.5) is 0 Å². The van der Waals surface area contributed by atoms with E-state index < -0.39 is 6.04 Å². The minimum absolute atomic E-state index is 0.138. The summed E-state index contributed by atoms with van der Waals surface area (Å²) in [7, 11) is 1.56. The molecule has 0 aliphatic rings. The van der Waals surface area contributed by atoms with Crippen molar-refractivity contribution >= 4 is 11.8 Å². The lowest BCUT2D eigenvalue weighted by Crippen LogP contribution is -2.39. The van der Waals surface area contributed by atoms with Gasteiger partial charge in [-0.3, -0.25) is 14.7 Å². The third-order valence-corrected chi connectivity index (χ3v) is 3.37. The average Bonchev–Trinajstić information content (AvgIpc) is 3.06. The number of nitrogens with one attached hydrogen (secondary N) is 3. The third kappa shape index (κ3) is 4.44. The van der Waals surface area contributed by atoms with Crippen LogP contribution in [0.2, 0.25) is 0 Å². The lowest BCUT2D eigenvalue weighted by molar-refractivity contribution is -0.128. The first-order valence-corrected chi connectivity index (χ1v) is 7.24. The molecule has 0 unspecified atom stereocenters. The van der Waals surface area contributed by atoms with Crippen molar-refractivity contribution in [3.05, 3.63) is 53.9 Å². The first-order valence-electron chi connectivity index (χ1n) is 7.24. The third-order valence-electron chi connectivity index (χ3n) is 3.37. The maximum absolute atomic E-state index is 12.1. The van der Waals surface area contributed by atoms with Crippen molar-refractivity contribution in [2.45, 2.75) is 25.3 Å². The Morgan fingerprint density at radius 2 is 2.05 bits per heavy atom. The van der Waals surface area contributed by atoms with Gasteiger partial charge in [0.1, 0.15) is 6.04 Å². The van der Waals surface area contributed by atoms with Crippen molar-refractivity contribution in [2.75, 3.05) is 7.05 Å². The van der Waals surface area contributed by atoms with Crippen LogP contribution in [-0.2, 0) is 16.0 Å². The summed E-state index contributed by atoms with van der Waals surface area (Å²) in [5.41, 5.74) is 1.84. The second-order valence-electron chi connectivity index (χ2n) is 4.99. The van der Waals surface area contributed by atoms with Crippen LogP contribution in [0.25, 0.3) is 0 Å². The van der Waals surface area contributed by atoms with Gasteiger partial charge < -0.3 is 10.6 Å². The summed E-state index contributed by atoms with van der Waals surface area (Å²) in [5, 5.41) is 12.0. The second kappa shape index (κ2) is 7.97. The highest BCUT2D eigenvalue weighted by Crippen LogP contribution is 2.13. The molecule has 0 radical (unpaired) electrons. The number of aromatic nitrogens is 2. The molecular formula is C16H20N4O2. The smallest absolute Gasteiger partial charge is 0.246 e. The molecule has 6 nitrogen and oxygen atoms in total. The molecule has 2 rings (SSSR count). The van der Waals surface area contributed by atoms with Gasteiger partial charge in [0.2, 0.25) is 11.8 Å². The van der Waals surface area contributed by atoms with Crippen LogP contribution in [-0.4, -0.2) is 29.1 Å². The average molecular weight is 300 g/mol. The molecule has 1 heterocycles. The van der Waals surface area contributed by atoms with Crippen molar-refractivity contribution in [3.63, 3.8) is 0 Å². The van der Waals surface area contributed by atoms with Gasteiger partial charge in [0.25, 0.3) is 0 Å². The van der Waals surface area contributed by atoms with Gasteiger partial charge in [-0.25, -0.2) is 0 Å². The van der Waals surface area contributed by atoms with Crippen LogP contribution in [0.5, 0.6) is 0 Å². The highest BCUT2D eigenvalue weighted by atomic mass is 16.2. The molecule has 116 valence electrons. The van der Waals surface area contributed by atoms with E-state index in [-0.39, 0.29) is 11.8 Å². The second-order valence-corrected chi connectivity index (χ2v) is 4.99. The van der Waals surface area contributed by atoms with E-state index in [1.165, 1.54) is 0 Å². The number of benzene rings is 1. The molecule has 1 aromatic heterocycles. The number of rotatable bonds is 7. The largest absolute Gasteiger partial charge is 0.357 e. The molecule has 3 N–H and O–H groups in total. The topological polar surface area (TPSA) is 86.9 Å². The number of aryl methyl sites for hydroxylation is 1. The van der Waals surface area contributed by atoms with E-state index in [1.54, 1.807) is 13.2 Å². The quantitative estimate of drug-likeness (QED) is 0.721. The first-order chi connectivity index (χ1) is 10.7. The van der Waals surface area contributed by atoms with Crippen molar-refractivity contribution in [2.24, 2.45) is 0 Å². The van der Waals surface area contributed by atoms with Gasteiger partial charge in [-0.1, -0.05) is 30.3 Å². The van der Waals surface area contributed by atoms with Crippen LogP contribution in [0.3, 0.4) is 0 Å². The van der Waals surface area contributed by atoms with E-state index in [2.05, 4.69) is 20.8 Å². The minimum Gasteiger partial charge on any atom is -0.357 e. The molecule has 0 spiro atoms. The van der Waals surface area contributed by atoms with E-state index >= 15 is 0 Å². The Labute approximate surface area is 129 Å². The molecule has 2 aromatic rings. The number of hydrogen-bond acceptors (Lipinski definition) is 3. The highest BCUT2D eigenvalue weighted by molar-refractivity contribution is 5.88. The summed E-state index contributed by atoms with van der Waals surface area (Å²) in [6.45, 7) is 0. The number of hydrogen-bond donors (Lipinski definition) is 3. The Morgan fingerprint density at radius 3 is 2.68 bits per heavy atom. The van der Waals surface area contributed by atoms with Gasteiger partial charge in [-0.2, -0.15) is 5.10 Å². The van der Waals surface area contributed by atoms with Gasteiger partial charge in [0, 0.05) is 19.7 Å². The molecule has 1 atom stereocenters. The normalized spacial score (nSPS) is 11.7. The van der Waals surface area contributed by atoms with Crippen molar-refractivity contribution in [1.82, 2.24) is 20.8 Å². The summed E-state index contributed by atoms with van der Waals surface area (Å²) in [6.07, 6.45) is 5.41. The van der Waals surface area contributed by atoms with Crippen LogP contribution in [0.15, 0.2) is 42.7 Å². The molecule has 0 aliphatic carbocycles. The molecule has 0 saturated heterocycles. The van der Waals surface area contributed by atoms with E-state index in [0.29, 0.717) is 12.8 Å². The highest BCUT2D eigenvalue weighted by Gasteiger charge is 2.21. The van der Waals surface area contributed by atoms with Crippen LogP contribution < -0.4 is 10.6 Å². The number of H-pyrrole nitrogens is 1. The number of likely N-dealkylation sites (N-methyl/N-ethyl adjacent to an activating group) is 1. The summed E-state index contributed by atoms with van der Waals surface area (Å²) in [5.74, 6) is -0.365. The summed E-state index contributed by atoms with van der Waals surface area (Å²) >= 11 is 0. The fourth-order valence-electron chi connectivity index (χ4n) is 2.19. The maximum Gasteiger partial charge on any atom is 0.246 e. The van der Waals surface area contributed by atoms with Crippen LogP contribution in [0.1, 0.15) is 30.0 Å². The number of aromatic amines is 1. The van der Waals surface area contributed by atoms with Crippen LogP contribution in [0, 0.1) is 0 Å². The van der Waals surface area contributed by atoms with Gasteiger partial charge in [0.05, 0.1) is 6.20 Å². The maximum atomic E-state index is 12.1. The fraction of sp³-hybridized carbons (Fsp3) is 0.312. The Morgan fingerprint density at radius 1 is 1.27 bits per heavy atom. The van der Waals surface area contributed by atoms with E-state index in [1.807, 2.05) is 36.5 Å². The predicted octanol–water partition coefficient (Wildman–Crippen LogP) is 1.34. The Bertz CT molecular complexity index is 596. The summed E-state index contributed by atoms with van der Waals surface area (Å²) in [4.78, 5) is 24.0. The number of carbonyl (C=O) groups excluding carboxylic acids is 2. The van der Waals surface area contributed by atoms with Gasteiger partial charge in [-0.15, -0.1) is 0 Å². The van der Waals surface area contributed by atoms with Gasteiger partial charge in [0.15, 0.2) is 0 Å². The molecule has 0 saturated carbocycles. The van der Waals surface area contributed by atoms with E-state index in [9.17, 15) is 9.59 Å². The fourth-order valence-corrected chi connectivity index (χ4v) is 2.19. The molecule has 6 heteroatoms. The molecule has 0 aliphatic heterocycles. The number of amides is 2. The molecule has 0 fully saturated rings. The van der Waals surface area contributed by atoms with E-state index in [0.717, 1.165) is 17.5 Å². The van der Waals surface area contributed by atoms with Crippen LogP contribution >= 0.6 is 0 Å². The Kier molecular flexibility index (Phi) is 5.71. The number of carbonyl (C=O) groups is 2. The molecule has 2 amide bonds. The van der Waals surface area contributed by atoms with E-state index in [4.69, 9.17) is 0 Å². The lowest BCUT2D eigenvalue weighted by Gasteiger charge is -2.17. The zero-order valence-electron chi connectivity index (χ0n) is 12.5. The Hall–Kier alpha value is -2.63. The molecule has 22 heavy (non-hydrogen) atoms. The zero-order valence-corrected chi connectivity index (χ0v) is 12.5. The molecule has 0 bridgehead atoms. The minimum atomic E-state index is -0.660. The Balaban J connectivity index is 1.89. The lowest BCUT2D eigenvalue weighted by atomic mass is 10.1. The van der Waals surface area contributed by atoms with Crippen molar-refractivity contribution in [1.29, 1.82) is 0 Å². The first kappa shape index (κ1) is 15.8. The molecular weight excluding hydrogens is 280 g/mol. The monoisotopic (exact) mass is 300 g/mol. The summed E-state index contributed by atoms with van der Waals surface area (Å²) in [6, 6.07) is 8.55. The van der Waals surface area contributed by atoms with Gasteiger partial charge >= 0.3 is 0 Å². The van der Waals surface area contributed by atoms with Gasteiger partial charge in [-0.05, 0) is 24.0 Å². The SMILES string of the molecule is CNC(=O)[C@H](NC(=O)CCCc1cn[nH]c1)c1ccccc1. The molecule has 1 aromatic carbocycles. The van der Waals surface area contributed by atoms with Crippen molar-refractivity contribution in [3.8, 4) is 0 Å². The number of nitrogens with zero attached hydrogens (tertiary/aromatic N) is 1. The summed E-state index contributed by atoms with van der Waals surface area (Å²) < 4.78 is 0.